The summed E-state index contributed by atoms with van der Waals surface area (Å²) in [6.07, 6.45) is 2.75. The van der Waals surface area contributed by atoms with Crippen LogP contribution in [-0.4, -0.2) is 41.6 Å². The first kappa shape index (κ1) is 27.1. The number of thioether (sulfide) groups is 1. The molecule has 2 aromatic carbocycles. The summed E-state index contributed by atoms with van der Waals surface area (Å²) in [4.78, 5) is 16.5. The van der Waals surface area contributed by atoms with Gasteiger partial charge in [-0.1, -0.05) is 55.9 Å². The zero-order valence-electron chi connectivity index (χ0n) is 20.3. The molecule has 0 aliphatic carbocycles. The van der Waals surface area contributed by atoms with Gasteiger partial charge in [0.25, 0.3) is 5.91 Å². The van der Waals surface area contributed by atoms with E-state index in [-0.39, 0.29) is 16.5 Å². The normalized spacial score (nSPS) is 18.6. The van der Waals surface area contributed by atoms with E-state index >= 15 is 0 Å². The van der Waals surface area contributed by atoms with Gasteiger partial charge in [-0.3, -0.25) is 15.1 Å². The smallest absolute Gasteiger partial charge is 0.261 e. The minimum absolute atomic E-state index is 0.0227. The van der Waals surface area contributed by atoms with Crippen molar-refractivity contribution in [1.82, 2.24) is 15.6 Å². The molecule has 11 heteroatoms. The third-order valence-corrected chi connectivity index (χ3v) is 7.22. The van der Waals surface area contributed by atoms with E-state index in [2.05, 4.69) is 20.7 Å². The highest BCUT2D eigenvalue weighted by Crippen LogP contribution is 2.50. The number of nitriles is 1. The fourth-order valence-corrected chi connectivity index (χ4v) is 5.19. The molecule has 2 atom stereocenters. The van der Waals surface area contributed by atoms with Gasteiger partial charge in [0.1, 0.15) is 21.5 Å². The number of nitrogens with zero attached hydrogens (tertiary/aromatic N) is 4. The van der Waals surface area contributed by atoms with Crippen LogP contribution < -0.4 is 16.4 Å². The van der Waals surface area contributed by atoms with Crippen LogP contribution in [0, 0.1) is 29.0 Å². The molecular weight excluding hydrogens is 484 g/mol. The van der Waals surface area contributed by atoms with Crippen LogP contribution in [0.2, 0.25) is 0 Å². The van der Waals surface area contributed by atoms with Gasteiger partial charge in [0.15, 0.2) is 6.19 Å². The Morgan fingerprint density at radius 3 is 2.64 bits per heavy atom. The number of hydrazone groups is 1. The monoisotopic (exact) mass is 513 g/mol. The molecule has 4 N–H and O–H groups in total. The third-order valence-electron chi connectivity index (χ3n) is 5.78. The van der Waals surface area contributed by atoms with Gasteiger partial charge < -0.3 is 11.1 Å². The number of aliphatic imine (C=N–C) groups is 1. The lowest BCUT2D eigenvalue weighted by atomic mass is 9.98. The number of carbonyl (C=O) groups excluding carboxylic acids is 1. The summed E-state index contributed by atoms with van der Waals surface area (Å²) in [6, 6.07) is 11.6. The number of rotatable bonds is 8. The van der Waals surface area contributed by atoms with E-state index in [4.69, 9.17) is 11.0 Å². The SMILES string of the molecule is CN=C(NC#N)NCCCC1(c2ccccc2)SC(c2cc(F)ccc2F)=NN1C(=O)[C@H](N)C(C)C. The van der Waals surface area contributed by atoms with Crippen LogP contribution in [0.25, 0.3) is 0 Å². The molecule has 1 aliphatic rings. The van der Waals surface area contributed by atoms with E-state index in [1.807, 2.05) is 50.4 Å². The fourth-order valence-electron chi connectivity index (χ4n) is 3.77. The van der Waals surface area contributed by atoms with E-state index in [1.54, 1.807) is 7.05 Å². The lowest BCUT2D eigenvalue weighted by Crippen LogP contribution is -2.50. The number of hydrogen-bond donors (Lipinski definition) is 3. The van der Waals surface area contributed by atoms with E-state index in [0.29, 0.717) is 25.3 Å². The Balaban J connectivity index is 2.04. The van der Waals surface area contributed by atoms with Gasteiger partial charge in [-0.15, -0.1) is 0 Å². The number of guanidine groups is 1. The minimum atomic E-state index is -1.05. The topological polar surface area (TPSA) is 119 Å². The van der Waals surface area contributed by atoms with E-state index in [0.717, 1.165) is 23.8 Å². The molecule has 0 fully saturated rings. The summed E-state index contributed by atoms with van der Waals surface area (Å²) < 4.78 is 28.8. The predicted molar refractivity (Wildman–Crippen MR) is 138 cm³/mol. The van der Waals surface area contributed by atoms with Crippen molar-refractivity contribution < 1.29 is 13.6 Å². The molecule has 1 amide bonds. The summed E-state index contributed by atoms with van der Waals surface area (Å²) in [5.74, 6) is -1.51. The molecule has 0 bridgehead atoms. The van der Waals surface area contributed by atoms with Gasteiger partial charge in [0, 0.05) is 19.2 Å². The summed E-state index contributed by atoms with van der Waals surface area (Å²) in [5, 5.41) is 20.4. The van der Waals surface area contributed by atoms with Gasteiger partial charge in [0.2, 0.25) is 5.96 Å². The van der Waals surface area contributed by atoms with Crippen LogP contribution in [0.15, 0.2) is 58.6 Å². The van der Waals surface area contributed by atoms with Crippen LogP contribution in [0.4, 0.5) is 8.78 Å². The number of carbonyl (C=O) groups is 1. The van der Waals surface area contributed by atoms with Gasteiger partial charge in [0.05, 0.1) is 6.04 Å². The average Bonchev–Trinajstić information content (AvgIpc) is 3.27. The predicted octanol–water partition coefficient (Wildman–Crippen LogP) is 3.46. The highest BCUT2D eigenvalue weighted by molar-refractivity contribution is 8.15. The van der Waals surface area contributed by atoms with Crippen molar-refractivity contribution in [2.24, 2.45) is 21.7 Å². The molecular formula is C25H29F2N7OS. The highest BCUT2D eigenvalue weighted by Gasteiger charge is 2.49. The first-order valence-electron chi connectivity index (χ1n) is 11.5. The first-order valence-corrected chi connectivity index (χ1v) is 12.3. The Labute approximate surface area is 213 Å². The van der Waals surface area contributed by atoms with Gasteiger partial charge in [-0.2, -0.15) is 10.4 Å². The van der Waals surface area contributed by atoms with Crippen molar-refractivity contribution in [3.63, 3.8) is 0 Å². The van der Waals surface area contributed by atoms with E-state index in [1.165, 1.54) is 16.8 Å². The lowest BCUT2D eigenvalue weighted by Gasteiger charge is -2.37. The summed E-state index contributed by atoms with van der Waals surface area (Å²) in [6.45, 7) is 4.10. The second kappa shape index (κ2) is 12.0. The summed E-state index contributed by atoms with van der Waals surface area (Å²) in [7, 11) is 1.55. The quantitative estimate of drug-likeness (QED) is 0.164. The first-order chi connectivity index (χ1) is 17.2. The second-order valence-corrected chi connectivity index (χ2v) is 9.81. The zero-order chi connectivity index (χ0) is 26.3. The molecule has 0 radical (unpaired) electrons. The van der Waals surface area contributed by atoms with Crippen LogP contribution in [0.1, 0.15) is 37.8 Å². The molecule has 8 nitrogen and oxygen atoms in total. The Hall–Kier alpha value is -3.49. The summed E-state index contributed by atoms with van der Waals surface area (Å²) >= 11 is 1.19. The Morgan fingerprint density at radius 1 is 1.28 bits per heavy atom. The Morgan fingerprint density at radius 2 is 2.00 bits per heavy atom. The molecule has 1 unspecified atom stereocenters. The van der Waals surface area contributed by atoms with Gasteiger partial charge in [-0.25, -0.2) is 13.8 Å². The molecule has 0 spiro atoms. The van der Waals surface area contributed by atoms with Crippen molar-refractivity contribution in [3.05, 3.63) is 71.3 Å². The number of benzene rings is 2. The fraction of sp³-hybridized carbons (Fsp3) is 0.360. The lowest BCUT2D eigenvalue weighted by molar-refractivity contribution is -0.137. The van der Waals surface area contributed by atoms with E-state index in [9.17, 15) is 13.6 Å². The minimum Gasteiger partial charge on any atom is -0.356 e. The van der Waals surface area contributed by atoms with Gasteiger partial charge in [-0.05, 0) is 42.5 Å². The number of nitrogens with one attached hydrogen (secondary N) is 2. The number of hydrogen-bond acceptors (Lipinski definition) is 6. The average molecular weight is 514 g/mol. The highest BCUT2D eigenvalue weighted by atomic mass is 32.2. The Bertz CT molecular complexity index is 1180. The molecule has 0 saturated carbocycles. The molecule has 3 rings (SSSR count). The standard InChI is InChI=1S/C25H29F2N7OS/c1-16(2)21(29)23(35)34-25(17-8-5-4-6-9-17,12-7-13-31-24(30-3)32-15-28)36-22(33-34)19-14-18(26)10-11-20(19)27/h4-6,8-11,14,16,21H,7,12-13,29H2,1-3H3,(H2,30,31,32)/t21-,25?/m1/s1. The maximum absolute atomic E-state index is 14.8. The second-order valence-electron chi connectivity index (χ2n) is 8.54. The van der Waals surface area contributed by atoms with Crippen LogP contribution in [0.3, 0.4) is 0 Å². The van der Waals surface area contributed by atoms with Crippen molar-refractivity contribution in [2.45, 2.75) is 37.6 Å². The zero-order valence-corrected chi connectivity index (χ0v) is 21.1. The molecule has 0 aromatic heterocycles. The van der Waals surface area contributed by atoms with Crippen LogP contribution >= 0.6 is 11.8 Å². The molecule has 1 heterocycles. The van der Waals surface area contributed by atoms with Crippen LogP contribution in [-0.2, 0) is 9.67 Å². The third kappa shape index (κ3) is 5.83. The van der Waals surface area contributed by atoms with Crippen LogP contribution in [0.5, 0.6) is 0 Å². The number of nitrogens with two attached hydrogens (primary N) is 1. The largest absolute Gasteiger partial charge is 0.356 e. The maximum atomic E-state index is 14.8. The van der Waals surface area contributed by atoms with Crippen molar-refractivity contribution in [3.8, 4) is 6.19 Å². The number of halogens is 2. The van der Waals surface area contributed by atoms with Crippen molar-refractivity contribution >= 4 is 28.7 Å². The maximum Gasteiger partial charge on any atom is 0.261 e. The van der Waals surface area contributed by atoms with Crippen molar-refractivity contribution in [2.75, 3.05) is 13.6 Å². The molecule has 190 valence electrons. The molecule has 1 aliphatic heterocycles. The molecule has 2 aromatic rings. The van der Waals surface area contributed by atoms with Crippen molar-refractivity contribution in [1.29, 1.82) is 5.26 Å². The summed E-state index contributed by atoms with van der Waals surface area (Å²) in [5.41, 5.74) is 7.00. The van der Waals surface area contributed by atoms with E-state index < -0.39 is 28.5 Å². The number of amides is 1. The molecule has 36 heavy (non-hydrogen) atoms. The Kier molecular flexibility index (Phi) is 9.01. The molecule has 0 saturated heterocycles. The van der Waals surface area contributed by atoms with Gasteiger partial charge >= 0.3 is 0 Å².